The van der Waals surface area contributed by atoms with Crippen molar-refractivity contribution >= 4 is 33.2 Å². The van der Waals surface area contributed by atoms with Crippen molar-refractivity contribution in [2.75, 3.05) is 23.7 Å². The molecule has 1 heterocycles. The summed E-state index contributed by atoms with van der Waals surface area (Å²) in [6.07, 6.45) is 0.682. The van der Waals surface area contributed by atoms with Gasteiger partial charge in [-0.1, -0.05) is 29.8 Å². The summed E-state index contributed by atoms with van der Waals surface area (Å²) >= 11 is 6.14. The van der Waals surface area contributed by atoms with Crippen molar-refractivity contribution in [3.05, 3.63) is 53.1 Å². The molecule has 0 bridgehead atoms. The lowest BCUT2D eigenvalue weighted by Gasteiger charge is -2.30. The van der Waals surface area contributed by atoms with Crippen LogP contribution in [-0.4, -0.2) is 45.9 Å². The van der Waals surface area contributed by atoms with E-state index in [0.717, 1.165) is 16.1 Å². The molecule has 1 aliphatic heterocycles. The number of rotatable bonds is 6. The van der Waals surface area contributed by atoms with Gasteiger partial charge in [-0.25, -0.2) is 8.42 Å². The summed E-state index contributed by atoms with van der Waals surface area (Å²) in [4.78, 5) is 12.7. The number of fused-ring (bicyclic) bond motifs is 1. The molecule has 0 aromatic heterocycles. The van der Waals surface area contributed by atoms with Crippen molar-refractivity contribution in [1.82, 2.24) is 5.32 Å². The van der Waals surface area contributed by atoms with Crippen molar-refractivity contribution in [3.63, 3.8) is 0 Å². The normalized spacial score (nSPS) is 16.8. The lowest BCUT2D eigenvalue weighted by atomic mass is 10.2. The number of halogens is 1. The first-order chi connectivity index (χ1) is 13.7. The van der Waals surface area contributed by atoms with E-state index in [2.05, 4.69) is 5.32 Å². The van der Waals surface area contributed by atoms with Crippen molar-refractivity contribution in [1.29, 1.82) is 0 Å². The Hall–Kier alpha value is -2.45. The Balaban J connectivity index is 1.69. The van der Waals surface area contributed by atoms with Crippen LogP contribution in [0, 0.1) is 6.92 Å². The Labute approximate surface area is 175 Å². The lowest BCUT2D eigenvalue weighted by Crippen LogP contribution is -2.50. The largest absolute Gasteiger partial charge is 0.486 e. The van der Waals surface area contributed by atoms with Crippen LogP contribution in [0.15, 0.2) is 42.5 Å². The highest BCUT2D eigenvalue weighted by atomic mass is 35.5. The third-order valence-electron chi connectivity index (χ3n) is 4.57. The maximum Gasteiger partial charge on any atom is 0.243 e. The second-order valence-electron chi connectivity index (χ2n) is 6.91. The minimum atomic E-state index is -3.72. The number of sulfonamides is 1. The molecule has 1 amide bonds. The standard InChI is InChI=1S/C20H23ClN2O5S/c1-13-8-9-15(10-17(13)21)23(29(3,25)26)14(2)20(24)22-11-16-12-27-18-6-4-5-7-19(18)28-16/h4-10,14,16H,11-12H2,1-3H3,(H,22,24)/t14-,16-/m0/s1. The molecule has 1 N–H and O–H groups in total. The predicted octanol–water partition coefficient (Wildman–Crippen LogP) is 2.76. The van der Waals surface area contributed by atoms with Crippen LogP contribution in [-0.2, 0) is 14.8 Å². The van der Waals surface area contributed by atoms with Crippen LogP contribution in [0.3, 0.4) is 0 Å². The second kappa shape index (κ2) is 8.51. The first-order valence-electron chi connectivity index (χ1n) is 9.08. The summed E-state index contributed by atoms with van der Waals surface area (Å²) in [5, 5.41) is 3.17. The van der Waals surface area contributed by atoms with Crippen LogP contribution in [0.1, 0.15) is 12.5 Å². The number of amides is 1. The number of hydrogen-bond acceptors (Lipinski definition) is 5. The van der Waals surface area contributed by atoms with Gasteiger partial charge in [-0.05, 0) is 43.7 Å². The number of hydrogen-bond donors (Lipinski definition) is 1. The molecule has 0 fully saturated rings. The van der Waals surface area contributed by atoms with Gasteiger partial charge < -0.3 is 14.8 Å². The number of ether oxygens (including phenoxy) is 2. The zero-order chi connectivity index (χ0) is 21.2. The monoisotopic (exact) mass is 438 g/mol. The molecule has 29 heavy (non-hydrogen) atoms. The summed E-state index contributed by atoms with van der Waals surface area (Å²) in [7, 11) is -3.72. The van der Waals surface area contributed by atoms with Crippen LogP contribution in [0.2, 0.25) is 5.02 Å². The third kappa shape index (κ3) is 4.94. The zero-order valence-electron chi connectivity index (χ0n) is 16.4. The predicted molar refractivity (Wildman–Crippen MR) is 112 cm³/mol. The van der Waals surface area contributed by atoms with Crippen molar-refractivity contribution in [2.45, 2.75) is 26.0 Å². The SMILES string of the molecule is Cc1ccc(N([C@@H](C)C(=O)NC[C@H]2COc3ccccc3O2)S(C)(=O)=O)cc1Cl. The Morgan fingerprint density at radius 2 is 1.97 bits per heavy atom. The fourth-order valence-corrected chi connectivity index (χ4v) is 4.39. The van der Waals surface area contributed by atoms with Gasteiger partial charge in [-0.2, -0.15) is 0 Å². The number of para-hydroxylation sites is 2. The van der Waals surface area contributed by atoms with Crippen LogP contribution in [0.5, 0.6) is 11.5 Å². The smallest absolute Gasteiger partial charge is 0.243 e. The van der Waals surface area contributed by atoms with E-state index in [9.17, 15) is 13.2 Å². The van der Waals surface area contributed by atoms with Crippen molar-refractivity contribution in [3.8, 4) is 11.5 Å². The number of anilines is 1. The molecule has 0 radical (unpaired) electrons. The highest BCUT2D eigenvalue weighted by Gasteiger charge is 2.30. The summed E-state index contributed by atoms with van der Waals surface area (Å²) in [6, 6.07) is 11.2. The minimum absolute atomic E-state index is 0.184. The molecule has 1 aliphatic rings. The molecule has 156 valence electrons. The molecule has 2 aromatic rings. The topological polar surface area (TPSA) is 84.9 Å². The first kappa shape index (κ1) is 21.3. The van der Waals surface area contributed by atoms with E-state index in [0.29, 0.717) is 22.2 Å². The average molecular weight is 439 g/mol. The maximum absolute atomic E-state index is 12.7. The molecule has 9 heteroatoms. The molecule has 0 saturated heterocycles. The Kier molecular flexibility index (Phi) is 6.24. The third-order valence-corrected chi connectivity index (χ3v) is 6.22. The van der Waals surface area contributed by atoms with Gasteiger partial charge in [0.1, 0.15) is 18.8 Å². The van der Waals surface area contributed by atoms with Gasteiger partial charge in [0, 0.05) is 5.02 Å². The zero-order valence-corrected chi connectivity index (χ0v) is 18.0. The van der Waals surface area contributed by atoms with Gasteiger partial charge in [0.25, 0.3) is 0 Å². The molecule has 0 aliphatic carbocycles. The molecule has 0 spiro atoms. The number of nitrogens with zero attached hydrogens (tertiary/aromatic N) is 1. The number of nitrogens with one attached hydrogen (secondary N) is 1. The molecule has 2 aromatic carbocycles. The number of carbonyl (C=O) groups excluding carboxylic acids is 1. The van der Waals surface area contributed by atoms with E-state index in [1.807, 2.05) is 25.1 Å². The van der Waals surface area contributed by atoms with Crippen LogP contribution in [0.25, 0.3) is 0 Å². The van der Waals surface area contributed by atoms with Crippen LogP contribution in [0.4, 0.5) is 5.69 Å². The minimum Gasteiger partial charge on any atom is -0.486 e. The van der Waals surface area contributed by atoms with Gasteiger partial charge in [0.15, 0.2) is 11.5 Å². The summed E-state index contributed by atoms with van der Waals surface area (Å²) in [5.74, 6) is 0.815. The fourth-order valence-electron chi connectivity index (χ4n) is 3.05. The molecule has 3 rings (SSSR count). The second-order valence-corrected chi connectivity index (χ2v) is 9.18. The molecule has 7 nitrogen and oxygen atoms in total. The van der Waals surface area contributed by atoms with E-state index >= 15 is 0 Å². The Morgan fingerprint density at radius 3 is 2.62 bits per heavy atom. The summed E-state index contributed by atoms with van der Waals surface area (Å²) in [5.41, 5.74) is 1.15. The number of carbonyl (C=O) groups is 1. The van der Waals surface area contributed by atoms with Gasteiger partial charge in [-0.15, -0.1) is 0 Å². The van der Waals surface area contributed by atoms with E-state index in [4.69, 9.17) is 21.1 Å². The quantitative estimate of drug-likeness (QED) is 0.749. The van der Waals surface area contributed by atoms with Gasteiger partial charge >= 0.3 is 0 Å². The first-order valence-corrected chi connectivity index (χ1v) is 11.3. The van der Waals surface area contributed by atoms with Gasteiger partial charge in [0.05, 0.1) is 18.5 Å². The van der Waals surface area contributed by atoms with Crippen LogP contribution >= 0.6 is 11.6 Å². The molecule has 2 atom stereocenters. The molecule has 0 unspecified atom stereocenters. The Bertz CT molecular complexity index is 1010. The highest BCUT2D eigenvalue weighted by Crippen LogP contribution is 2.31. The molecule has 0 saturated carbocycles. The fraction of sp³-hybridized carbons (Fsp3) is 0.350. The summed E-state index contributed by atoms with van der Waals surface area (Å²) < 4.78 is 37.2. The number of aryl methyl sites for hydroxylation is 1. The molecular formula is C20H23ClN2O5S. The van der Waals surface area contributed by atoms with Crippen molar-refractivity contribution in [2.24, 2.45) is 0 Å². The van der Waals surface area contributed by atoms with Crippen LogP contribution < -0.4 is 19.1 Å². The van der Waals surface area contributed by atoms with E-state index in [1.165, 1.54) is 13.0 Å². The highest BCUT2D eigenvalue weighted by molar-refractivity contribution is 7.92. The van der Waals surface area contributed by atoms with Crippen molar-refractivity contribution < 1.29 is 22.7 Å². The van der Waals surface area contributed by atoms with E-state index < -0.39 is 22.0 Å². The molecular weight excluding hydrogens is 416 g/mol. The van der Waals surface area contributed by atoms with Gasteiger partial charge in [0.2, 0.25) is 15.9 Å². The lowest BCUT2D eigenvalue weighted by molar-refractivity contribution is -0.122. The van der Waals surface area contributed by atoms with E-state index in [-0.39, 0.29) is 19.3 Å². The summed E-state index contributed by atoms with van der Waals surface area (Å²) in [6.45, 7) is 3.81. The average Bonchev–Trinajstić information content (AvgIpc) is 2.67. The Morgan fingerprint density at radius 1 is 1.28 bits per heavy atom. The van der Waals surface area contributed by atoms with E-state index in [1.54, 1.807) is 18.2 Å². The maximum atomic E-state index is 12.7. The number of benzene rings is 2. The van der Waals surface area contributed by atoms with Gasteiger partial charge in [-0.3, -0.25) is 9.10 Å².